The van der Waals surface area contributed by atoms with Gasteiger partial charge < -0.3 is 19.5 Å². The number of hydrogen-bond donors (Lipinski definition) is 1. The molecule has 2 aliphatic rings. The van der Waals surface area contributed by atoms with E-state index in [1.54, 1.807) is 12.4 Å². The number of nitrogens with one attached hydrogen (secondary N) is 1. The topological polar surface area (TPSA) is 96.6 Å². The molecule has 9 nitrogen and oxygen atoms in total. The molecule has 3 aromatic rings. The second-order valence-electron chi connectivity index (χ2n) is 8.46. The Morgan fingerprint density at radius 3 is 2.76 bits per heavy atom. The highest BCUT2D eigenvalue weighted by molar-refractivity contribution is 5.92. The zero-order valence-electron chi connectivity index (χ0n) is 18.5. The standard InChI is InChI=1S/C24H28N6O3/c31-24(26-20-5-7-21(8-6-20)30-11-13-32-14-12-30)19-4-2-10-29(16-19)17-22-27-23(28-33-22)18-3-1-9-25-15-18/h1,3,5-9,15,19H,2,4,10-14,16-17H2,(H,26,31)/t19-/m0/s1. The van der Waals surface area contributed by atoms with Crippen LogP contribution in [-0.4, -0.2) is 65.3 Å². The zero-order chi connectivity index (χ0) is 22.5. The molecule has 0 radical (unpaired) electrons. The molecule has 2 aromatic heterocycles. The molecule has 172 valence electrons. The van der Waals surface area contributed by atoms with E-state index in [9.17, 15) is 4.79 Å². The SMILES string of the molecule is O=C(Nc1ccc(N2CCOCC2)cc1)[C@H]1CCCN(Cc2nc(-c3cccnc3)no2)C1. The van der Waals surface area contributed by atoms with E-state index in [2.05, 4.69) is 42.4 Å². The highest BCUT2D eigenvalue weighted by Gasteiger charge is 2.27. The molecule has 1 amide bonds. The van der Waals surface area contributed by atoms with Crippen molar-refractivity contribution in [3.05, 3.63) is 54.7 Å². The van der Waals surface area contributed by atoms with E-state index in [1.807, 2.05) is 24.3 Å². The number of amides is 1. The van der Waals surface area contributed by atoms with E-state index >= 15 is 0 Å². The molecule has 0 aliphatic carbocycles. The first kappa shape index (κ1) is 21.5. The summed E-state index contributed by atoms with van der Waals surface area (Å²) in [6, 6.07) is 11.8. The van der Waals surface area contributed by atoms with Crippen LogP contribution >= 0.6 is 0 Å². The molecule has 0 spiro atoms. The highest BCUT2D eigenvalue weighted by Crippen LogP contribution is 2.23. The quantitative estimate of drug-likeness (QED) is 0.615. The molecule has 2 saturated heterocycles. The van der Waals surface area contributed by atoms with Crippen molar-refractivity contribution >= 4 is 17.3 Å². The summed E-state index contributed by atoms with van der Waals surface area (Å²) in [7, 11) is 0. The Morgan fingerprint density at radius 2 is 1.97 bits per heavy atom. The maximum absolute atomic E-state index is 12.9. The number of carbonyl (C=O) groups excluding carboxylic acids is 1. The van der Waals surface area contributed by atoms with Crippen LogP contribution in [0, 0.1) is 5.92 Å². The van der Waals surface area contributed by atoms with E-state index in [-0.39, 0.29) is 11.8 Å². The van der Waals surface area contributed by atoms with Crippen molar-refractivity contribution in [1.82, 2.24) is 20.0 Å². The summed E-state index contributed by atoms with van der Waals surface area (Å²) in [5, 5.41) is 7.14. The number of anilines is 2. The van der Waals surface area contributed by atoms with E-state index < -0.39 is 0 Å². The van der Waals surface area contributed by atoms with Gasteiger partial charge in [-0.15, -0.1) is 0 Å². The van der Waals surface area contributed by atoms with E-state index in [1.165, 1.54) is 0 Å². The average Bonchev–Trinajstić information content (AvgIpc) is 3.34. The second-order valence-corrected chi connectivity index (χ2v) is 8.46. The molecule has 33 heavy (non-hydrogen) atoms. The molecule has 0 bridgehead atoms. The number of aromatic nitrogens is 3. The van der Waals surface area contributed by atoms with Crippen LogP contribution in [0.1, 0.15) is 18.7 Å². The summed E-state index contributed by atoms with van der Waals surface area (Å²) in [4.78, 5) is 26.0. The summed E-state index contributed by atoms with van der Waals surface area (Å²) < 4.78 is 10.8. The van der Waals surface area contributed by atoms with Gasteiger partial charge in [-0.1, -0.05) is 5.16 Å². The Morgan fingerprint density at radius 1 is 1.12 bits per heavy atom. The fraction of sp³-hybridized carbons (Fsp3) is 0.417. The number of rotatable bonds is 6. The van der Waals surface area contributed by atoms with Crippen LogP contribution < -0.4 is 10.2 Å². The summed E-state index contributed by atoms with van der Waals surface area (Å²) >= 11 is 0. The summed E-state index contributed by atoms with van der Waals surface area (Å²) in [5.74, 6) is 1.07. The van der Waals surface area contributed by atoms with Gasteiger partial charge in [0.15, 0.2) is 0 Å². The third kappa shape index (κ3) is 5.37. The molecule has 1 aromatic carbocycles. The summed E-state index contributed by atoms with van der Waals surface area (Å²) in [5.41, 5.74) is 2.81. The van der Waals surface area contributed by atoms with Gasteiger partial charge in [0, 0.05) is 49.0 Å². The van der Waals surface area contributed by atoms with Gasteiger partial charge in [0.2, 0.25) is 17.6 Å². The van der Waals surface area contributed by atoms with Crippen LogP contribution in [0.3, 0.4) is 0 Å². The lowest BCUT2D eigenvalue weighted by Gasteiger charge is -2.31. The van der Waals surface area contributed by atoms with Crippen LogP contribution in [0.15, 0.2) is 53.3 Å². The molecular weight excluding hydrogens is 420 g/mol. The first-order valence-corrected chi connectivity index (χ1v) is 11.4. The number of ether oxygens (including phenoxy) is 1. The molecule has 4 heterocycles. The van der Waals surface area contributed by atoms with Gasteiger partial charge in [-0.05, 0) is 55.8 Å². The third-order valence-corrected chi connectivity index (χ3v) is 6.13. The van der Waals surface area contributed by atoms with Gasteiger partial charge in [0.05, 0.1) is 25.7 Å². The molecule has 5 rings (SSSR count). The van der Waals surface area contributed by atoms with Crippen molar-refractivity contribution in [3.8, 4) is 11.4 Å². The molecule has 0 unspecified atom stereocenters. The fourth-order valence-electron chi connectivity index (χ4n) is 4.36. The van der Waals surface area contributed by atoms with Gasteiger partial charge in [-0.25, -0.2) is 0 Å². The Kier molecular flexibility index (Phi) is 6.59. The van der Waals surface area contributed by atoms with Crippen molar-refractivity contribution in [2.45, 2.75) is 19.4 Å². The number of pyridine rings is 1. The highest BCUT2D eigenvalue weighted by atomic mass is 16.5. The normalized spacial score (nSPS) is 19.4. The fourth-order valence-corrected chi connectivity index (χ4v) is 4.36. The Bertz CT molecular complexity index is 1050. The first-order chi connectivity index (χ1) is 16.2. The molecular formula is C24H28N6O3. The summed E-state index contributed by atoms with van der Waals surface area (Å²) in [6.45, 7) is 5.41. The van der Waals surface area contributed by atoms with E-state index in [0.29, 0.717) is 24.8 Å². The van der Waals surface area contributed by atoms with Gasteiger partial charge in [0.1, 0.15) is 0 Å². The van der Waals surface area contributed by atoms with Crippen LogP contribution in [0.5, 0.6) is 0 Å². The number of benzene rings is 1. The average molecular weight is 449 g/mol. The number of hydrogen-bond acceptors (Lipinski definition) is 8. The minimum absolute atomic E-state index is 0.0559. The molecule has 2 fully saturated rings. The molecule has 0 saturated carbocycles. The summed E-state index contributed by atoms with van der Waals surface area (Å²) in [6.07, 6.45) is 5.25. The Balaban J connectivity index is 1.15. The molecule has 9 heteroatoms. The number of nitrogens with zero attached hydrogens (tertiary/aromatic N) is 5. The van der Waals surface area contributed by atoms with Crippen molar-refractivity contribution in [1.29, 1.82) is 0 Å². The van der Waals surface area contributed by atoms with E-state index in [4.69, 9.17) is 9.26 Å². The first-order valence-electron chi connectivity index (χ1n) is 11.4. The Labute approximate surface area is 192 Å². The minimum Gasteiger partial charge on any atom is -0.378 e. The van der Waals surface area contributed by atoms with Gasteiger partial charge in [-0.3, -0.25) is 14.7 Å². The number of likely N-dealkylation sites (tertiary alicyclic amines) is 1. The maximum Gasteiger partial charge on any atom is 0.241 e. The van der Waals surface area contributed by atoms with Gasteiger partial charge in [-0.2, -0.15) is 4.98 Å². The second kappa shape index (κ2) is 10.1. The van der Waals surface area contributed by atoms with Crippen LogP contribution in [-0.2, 0) is 16.1 Å². The molecule has 2 aliphatic heterocycles. The van der Waals surface area contributed by atoms with Crippen molar-refractivity contribution in [2.24, 2.45) is 5.92 Å². The molecule has 1 atom stereocenters. The predicted octanol–water partition coefficient (Wildman–Crippen LogP) is 2.82. The number of piperidine rings is 1. The van der Waals surface area contributed by atoms with Gasteiger partial charge >= 0.3 is 0 Å². The van der Waals surface area contributed by atoms with E-state index in [0.717, 1.165) is 62.6 Å². The predicted molar refractivity (Wildman–Crippen MR) is 124 cm³/mol. The monoisotopic (exact) mass is 448 g/mol. The van der Waals surface area contributed by atoms with Gasteiger partial charge in [0.25, 0.3) is 0 Å². The Hall–Kier alpha value is -3.30. The van der Waals surface area contributed by atoms with Crippen LogP contribution in [0.25, 0.3) is 11.4 Å². The van der Waals surface area contributed by atoms with Crippen molar-refractivity contribution in [3.63, 3.8) is 0 Å². The maximum atomic E-state index is 12.9. The number of morpholine rings is 1. The lowest BCUT2D eigenvalue weighted by molar-refractivity contribution is -0.121. The van der Waals surface area contributed by atoms with Crippen molar-refractivity contribution in [2.75, 3.05) is 49.6 Å². The smallest absolute Gasteiger partial charge is 0.241 e. The molecule has 1 N–H and O–H groups in total. The number of carbonyl (C=O) groups is 1. The third-order valence-electron chi connectivity index (χ3n) is 6.13. The lowest BCUT2D eigenvalue weighted by Crippen LogP contribution is -2.40. The van der Waals surface area contributed by atoms with Crippen molar-refractivity contribution < 1.29 is 14.1 Å². The van der Waals surface area contributed by atoms with Crippen LogP contribution in [0.2, 0.25) is 0 Å². The van der Waals surface area contributed by atoms with Crippen LogP contribution in [0.4, 0.5) is 11.4 Å². The largest absolute Gasteiger partial charge is 0.378 e. The lowest BCUT2D eigenvalue weighted by atomic mass is 9.97. The minimum atomic E-state index is -0.0709. The zero-order valence-corrected chi connectivity index (χ0v) is 18.5.